The van der Waals surface area contributed by atoms with E-state index in [1.54, 1.807) is 0 Å². The van der Waals surface area contributed by atoms with Gasteiger partial charge in [-0.1, -0.05) is 0 Å². The number of nitrogens with zero attached hydrogens (tertiary/aromatic N) is 2. The Hall–Kier alpha value is -2.04. The molecule has 7 heteroatoms. The number of aromatic nitrogens is 2. The molecule has 3 N–H and O–H groups in total. The van der Waals surface area contributed by atoms with Crippen molar-refractivity contribution in [2.24, 2.45) is 5.73 Å². The first-order valence-electron chi connectivity index (χ1n) is 6.57. The van der Waals surface area contributed by atoms with E-state index in [2.05, 4.69) is 16.3 Å². The molecule has 20 heavy (non-hydrogen) atoms. The molecule has 0 aliphatic carbocycles. The third-order valence-corrected chi connectivity index (χ3v) is 4.38. The standard InChI is InChI=1S/C13H14N4O3/c1-6-9-11(17-16-6)20-10(15)8(4-14)13(9)3-2-7-5-18-12(13)19-7/h7,12H,2-3,5,15H2,1H3,(H,16,17)/t7-,12-,13-/m0/s1. The molecule has 3 aliphatic rings. The van der Waals surface area contributed by atoms with E-state index in [4.69, 9.17) is 19.9 Å². The molecule has 104 valence electrons. The van der Waals surface area contributed by atoms with Crippen LogP contribution >= 0.6 is 0 Å². The van der Waals surface area contributed by atoms with Gasteiger partial charge in [0.2, 0.25) is 11.8 Å². The van der Waals surface area contributed by atoms with Gasteiger partial charge in [-0.2, -0.15) is 5.26 Å². The van der Waals surface area contributed by atoms with Gasteiger partial charge in [-0.3, -0.25) is 5.10 Å². The van der Waals surface area contributed by atoms with Crippen LogP contribution in [-0.2, 0) is 14.9 Å². The highest BCUT2D eigenvalue weighted by Crippen LogP contribution is 2.53. The first-order chi connectivity index (χ1) is 9.66. The van der Waals surface area contributed by atoms with Crippen molar-refractivity contribution in [3.63, 3.8) is 0 Å². The number of aryl methyl sites for hydroxylation is 1. The summed E-state index contributed by atoms with van der Waals surface area (Å²) in [5.41, 5.74) is 7.26. The maximum Gasteiger partial charge on any atom is 0.244 e. The molecule has 2 saturated heterocycles. The molecule has 0 aromatic carbocycles. The van der Waals surface area contributed by atoms with Gasteiger partial charge in [0.25, 0.3) is 0 Å². The van der Waals surface area contributed by atoms with E-state index in [9.17, 15) is 5.26 Å². The van der Waals surface area contributed by atoms with Crippen LogP contribution in [0.5, 0.6) is 5.88 Å². The van der Waals surface area contributed by atoms with Gasteiger partial charge >= 0.3 is 0 Å². The topological polar surface area (TPSA) is 106 Å². The Morgan fingerprint density at radius 3 is 3.20 bits per heavy atom. The summed E-state index contributed by atoms with van der Waals surface area (Å²) < 4.78 is 17.1. The summed E-state index contributed by atoms with van der Waals surface area (Å²) >= 11 is 0. The third kappa shape index (κ3) is 1.23. The Kier molecular flexibility index (Phi) is 2.20. The molecule has 1 aromatic rings. The Balaban J connectivity index is 1.99. The summed E-state index contributed by atoms with van der Waals surface area (Å²) in [4.78, 5) is 0. The molecule has 3 atom stereocenters. The van der Waals surface area contributed by atoms with Crippen LogP contribution in [0.25, 0.3) is 0 Å². The summed E-state index contributed by atoms with van der Waals surface area (Å²) in [5, 5.41) is 16.6. The van der Waals surface area contributed by atoms with Crippen molar-refractivity contribution in [2.45, 2.75) is 37.6 Å². The average Bonchev–Trinajstić information content (AvgIpc) is 3.00. The molecule has 0 unspecified atom stereocenters. The van der Waals surface area contributed by atoms with Gasteiger partial charge in [0.05, 0.1) is 23.7 Å². The van der Waals surface area contributed by atoms with E-state index in [1.165, 1.54) is 0 Å². The normalized spacial score (nSPS) is 34.8. The second kappa shape index (κ2) is 3.75. The Bertz CT molecular complexity index is 659. The van der Waals surface area contributed by atoms with E-state index in [1.807, 2.05) is 6.92 Å². The summed E-state index contributed by atoms with van der Waals surface area (Å²) in [6.07, 6.45) is 1.15. The molecule has 0 radical (unpaired) electrons. The van der Waals surface area contributed by atoms with Crippen LogP contribution in [0, 0.1) is 18.3 Å². The Morgan fingerprint density at radius 1 is 1.55 bits per heavy atom. The van der Waals surface area contributed by atoms with E-state index >= 15 is 0 Å². The summed E-state index contributed by atoms with van der Waals surface area (Å²) in [6.45, 7) is 2.45. The fourth-order valence-electron chi connectivity index (χ4n) is 3.51. The number of nitriles is 1. The largest absolute Gasteiger partial charge is 0.420 e. The van der Waals surface area contributed by atoms with Crippen LogP contribution in [0.1, 0.15) is 24.1 Å². The minimum absolute atomic E-state index is 0.0871. The minimum atomic E-state index is -0.712. The van der Waals surface area contributed by atoms with E-state index in [0.29, 0.717) is 18.1 Å². The number of H-pyrrole nitrogens is 1. The summed E-state index contributed by atoms with van der Waals surface area (Å²) in [5.74, 6) is 0.501. The fourth-order valence-corrected chi connectivity index (χ4v) is 3.51. The monoisotopic (exact) mass is 274 g/mol. The van der Waals surface area contributed by atoms with Gasteiger partial charge in [0.15, 0.2) is 6.29 Å². The van der Waals surface area contributed by atoms with Crippen LogP contribution in [-0.4, -0.2) is 29.2 Å². The lowest BCUT2D eigenvalue weighted by Gasteiger charge is -2.42. The maximum absolute atomic E-state index is 9.55. The number of ether oxygens (including phenoxy) is 3. The number of rotatable bonds is 0. The van der Waals surface area contributed by atoms with Crippen LogP contribution in [0.2, 0.25) is 0 Å². The van der Waals surface area contributed by atoms with Gasteiger partial charge in [-0.15, -0.1) is 5.10 Å². The van der Waals surface area contributed by atoms with Gasteiger partial charge in [-0.05, 0) is 19.8 Å². The maximum atomic E-state index is 9.55. The van der Waals surface area contributed by atoms with Crippen molar-refractivity contribution in [2.75, 3.05) is 6.61 Å². The van der Waals surface area contributed by atoms with E-state index < -0.39 is 11.7 Å². The van der Waals surface area contributed by atoms with Crippen molar-refractivity contribution in [3.8, 4) is 11.9 Å². The van der Waals surface area contributed by atoms with E-state index in [0.717, 1.165) is 24.1 Å². The van der Waals surface area contributed by atoms with Crippen molar-refractivity contribution in [1.29, 1.82) is 5.26 Å². The van der Waals surface area contributed by atoms with Crippen molar-refractivity contribution < 1.29 is 14.2 Å². The first-order valence-corrected chi connectivity index (χ1v) is 6.57. The van der Waals surface area contributed by atoms with Crippen LogP contribution in [0.3, 0.4) is 0 Å². The predicted molar refractivity (Wildman–Crippen MR) is 66.3 cm³/mol. The molecule has 0 saturated carbocycles. The molecular formula is C13H14N4O3. The molecule has 1 aromatic heterocycles. The molecule has 0 amide bonds. The number of hydrogen-bond acceptors (Lipinski definition) is 6. The highest BCUT2D eigenvalue weighted by molar-refractivity contribution is 5.55. The zero-order chi connectivity index (χ0) is 13.9. The zero-order valence-electron chi connectivity index (χ0n) is 11.0. The Morgan fingerprint density at radius 2 is 2.40 bits per heavy atom. The minimum Gasteiger partial charge on any atom is -0.420 e. The third-order valence-electron chi connectivity index (χ3n) is 4.38. The lowest BCUT2D eigenvalue weighted by Crippen LogP contribution is -2.48. The lowest BCUT2D eigenvalue weighted by atomic mass is 9.68. The van der Waals surface area contributed by atoms with Gasteiger partial charge in [-0.25, -0.2) is 0 Å². The molecule has 3 aliphatic heterocycles. The number of aromatic amines is 1. The molecular weight excluding hydrogens is 260 g/mol. The quantitative estimate of drug-likeness (QED) is 0.716. The van der Waals surface area contributed by atoms with Crippen LogP contribution in [0.4, 0.5) is 0 Å². The second-order valence-corrected chi connectivity index (χ2v) is 5.42. The SMILES string of the molecule is Cc1[nH]nc2c1[C@]1(CC[C@H]3CO[C@H]1O3)C(C#N)=C(N)O2. The lowest BCUT2D eigenvalue weighted by molar-refractivity contribution is -0.126. The molecule has 4 rings (SSSR count). The van der Waals surface area contributed by atoms with Gasteiger partial charge in [0.1, 0.15) is 11.6 Å². The van der Waals surface area contributed by atoms with Crippen LogP contribution < -0.4 is 10.5 Å². The molecule has 1 spiro atoms. The highest BCUT2D eigenvalue weighted by atomic mass is 16.7. The molecule has 2 bridgehead atoms. The second-order valence-electron chi connectivity index (χ2n) is 5.42. The first kappa shape index (κ1) is 11.8. The molecule has 2 fully saturated rings. The summed E-state index contributed by atoms with van der Waals surface area (Å²) in [6, 6.07) is 2.18. The average molecular weight is 274 g/mol. The Labute approximate surface area is 115 Å². The van der Waals surface area contributed by atoms with Crippen molar-refractivity contribution in [3.05, 3.63) is 22.7 Å². The number of hydrogen-bond donors (Lipinski definition) is 2. The van der Waals surface area contributed by atoms with Gasteiger partial charge in [0, 0.05) is 5.69 Å². The van der Waals surface area contributed by atoms with Crippen molar-refractivity contribution in [1.82, 2.24) is 10.2 Å². The van der Waals surface area contributed by atoms with Crippen molar-refractivity contribution >= 4 is 0 Å². The summed E-state index contributed by atoms with van der Waals surface area (Å²) in [7, 11) is 0. The zero-order valence-corrected chi connectivity index (χ0v) is 11.0. The van der Waals surface area contributed by atoms with Crippen LogP contribution in [0.15, 0.2) is 11.5 Å². The predicted octanol–water partition coefficient (Wildman–Crippen LogP) is 0.578. The molecule has 7 nitrogen and oxygen atoms in total. The van der Waals surface area contributed by atoms with E-state index in [-0.39, 0.29) is 12.0 Å². The number of nitrogens with two attached hydrogens (primary N) is 1. The fraction of sp³-hybridized carbons (Fsp3) is 0.538. The molecule has 4 heterocycles. The number of nitrogens with one attached hydrogen (secondary N) is 1. The number of fused-ring (bicyclic) bond motifs is 5. The highest BCUT2D eigenvalue weighted by Gasteiger charge is 2.58. The van der Waals surface area contributed by atoms with Gasteiger partial charge < -0.3 is 19.9 Å². The smallest absolute Gasteiger partial charge is 0.244 e.